The fourth-order valence-electron chi connectivity index (χ4n) is 4.82. The van der Waals surface area contributed by atoms with Crippen LogP contribution in [0.25, 0.3) is 10.2 Å². The van der Waals surface area contributed by atoms with Gasteiger partial charge < -0.3 is 21.3 Å². The lowest BCUT2D eigenvalue weighted by Crippen LogP contribution is -2.54. The number of nitrogens with one attached hydrogen (secondary N) is 2. The first-order chi connectivity index (χ1) is 18.0. The van der Waals surface area contributed by atoms with Crippen LogP contribution in [0.5, 0.6) is 0 Å². The maximum Gasteiger partial charge on any atom is 0.243 e. The second-order valence-corrected chi connectivity index (χ2v) is 10.4. The Balaban J connectivity index is 1.47. The smallest absolute Gasteiger partial charge is 0.243 e. The number of rotatable bonds is 12. The van der Waals surface area contributed by atoms with Crippen molar-refractivity contribution >= 4 is 39.2 Å². The minimum Gasteiger partial charge on any atom is -0.344 e. The first-order valence-corrected chi connectivity index (χ1v) is 13.8. The zero-order valence-electron chi connectivity index (χ0n) is 21.2. The molecule has 3 aromatic rings. The van der Waals surface area contributed by atoms with Crippen molar-refractivity contribution in [2.24, 2.45) is 5.73 Å². The lowest BCUT2D eigenvalue weighted by atomic mass is 10.0. The first-order valence-electron chi connectivity index (χ1n) is 12.9. The van der Waals surface area contributed by atoms with Gasteiger partial charge in [0.05, 0.1) is 22.3 Å². The molecule has 0 radical (unpaired) electrons. The molecule has 8 nitrogen and oxygen atoms in total. The molecular weight excluding hydrogens is 486 g/mol. The molecule has 1 aromatic heterocycles. The van der Waals surface area contributed by atoms with Gasteiger partial charge >= 0.3 is 0 Å². The molecular formula is C28H35N5O3S. The molecule has 4 N–H and O–H groups in total. The summed E-state index contributed by atoms with van der Waals surface area (Å²) in [4.78, 5) is 46.5. The average molecular weight is 522 g/mol. The zero-order valence-corrected chi connectivity index (χ0v) is 22.0. The molecule has 1 aliphatic heterocycles. The van der Waals surface area contributed by atoms with Gasteiger partial charge in [-0.3, -0.25) is 14.4 Å². The van der Waals surface area contributed by atoms with E-state index in [9.17, 15) is 14.4 Å². The third kappa shape index (κ3) is 6.60. The Kier molecular flexibility index (Phi) is 9.38. The van der Waals surface area contributed by atoms with Crippen molar-refractivity contribution in [1.29, 1.82) is 0 Å². The molecule has 0 spiro atoms. The fourth-order valence-corrected chi connectivity index (χ4v) is 5.78. The predicted molar refractivity (Wildman–Crippen MR) is 147 cm³/mol. The van der Waals surface area contributed by atoms with Gasteiger partial charge in [-0.1, -0.05) is 42.5 Å². The molecule has 1 fully saturated rings. The fraction of sp³-hybridized carbons (Fsp3) is 0.429. The van der Waals surface area contributed by atoms with Gasteiger partial charge in [0.1, 0.15) is 6.04 Å². The molecule has 0 unspecified atom stereocenters. The highest BCUT2D eigenvalue weighted by molar-refractivity contribution is 7.20. The molecule has 2 amide bonds. The third-order valence-electron chi connectivity index (χ3n) is 6.85. The van der Waals surface area contributed by atoms with Crippen LogP contribution in [-0.4, -0.2) is 65.7 Å². The summed E-state index contributed by atoms with van der Waals surface area (Å²) in [7, 11) is 1.76. The number of fused-ring (bicyclic) bond motifs is 1. The SMILES string of the molecule is CN[C@H](Cc1ccccc1)C(=O)N1CCC[C@H]1C(=O)N[C@H](CCCCN)C(=O)c1nc2ccccc2s1. The van der Waals surface area contributed by atoms with E-state index in [1.54, 1.807) is 11.9 Å². The van der Waals surface area contributed by atoms with E-state index in [0.29, 0.717) is 43.8 Å². The van der Waals surface area contributed by atoms with Crippen LogP contribution in [0.4, 0.5) is 0 Å². The van der Waals surface area contributed by atoms with Crippen LogP contribution >= 0.6 is 11.3 Å². The van der Waals surface area contributed by atoms with Crippen LogP contribution in [0.3, 0.4) is 0 Å². The number of para-hydroxylation sites is 1. The lowest BCUT2D eigenvalue weighted by Gasteiger charge is -2.29. The number of hydrogen-bond donors (Lipinski definition) is 3. The molecule has 0 bridgehead atoms. The van der Waals surface area contributed by atoms with Gasteiger partial charge in [-0.25, -0.2) is 4.98 Å². The van der Waals surface area contributed by atoms with Gasteiger partial charge in [-0.15, -0.1) is 11.3 Å². The second-order valence-electron chi connectivity index (χ2n) is 9.42. The summed E-state index contributed by atoms with van der Waals surface area (Å²) >= 11 is 1.34. The number of hydrogen-bond acceptors (Lipinski definition) is 7. The molecule has 2 aromatic carbocycles. The monoisotopic (exact) mass is 521 g/mol. The van der Waals surface area contributed by atoms with Gasteiger partial charge in [-0.05, 0) is 69.8 Å². The molecule has 2 heterocycles. The number of nitrogens with zero attached hydrogens (tertiary/aromatic N) is 2. The molecule has 1 aliphatic rings. The van der Waals surface area contributed by atoms with Crippen molar-refractivity contribution in [2.45, 2.75) is 56.7 Å². The summed E-state index contributed by atoms with van der Waals surface area (Å²) in [6.07, 6.45) is 3.81. The first kappa shape index (κ1) is 26.9. The largest absolute Gasteiger partial charge is 0.344 e. The quantitative estimate of drug-likeness (QED) is 0.249. The number of likely N-dealkylation sites (N-methyl/N-ethyl adjacent to an activating group) is 1. The minimum atomic E-state index is -0.707. The molecule has 3 atom stereocenters. The van der Waals surface area contributed by atoms with Crippen LogP contribution in [-0.2, 0) is 16.0 Å². The number of aromatic nitrogens is 1. The van der Waals surface area contributed by atoms with Gasteiger partial charge in [0.2, 0.25) is 17.6 Å². The summed E-state index contributed by atoms with van der Waals surface area (Å²) in [5.41, 5.74) is 7.49. The number of thiazole rings is 1. The van der Waals surface area contributed by atoms with E-state index in [-0.39, 0.29) is 17.6 Å². The van der Waals surface area contributed by atoms with Crippen LogP contribution < -0.4 is 16.4 Å². The number of carbonyl (C=O) groups excluding carboxylic acids is 3. The summed E-state index contributed by atoms with van der Waals surface area (Å²) < 4.78 is 0.932. The number of unbranched alkanes of at least 4 members (excludes halogenated alkanes) is 1. The van der Waals surface area contributed by atoms with Gasteiger partial charge in [-0.2, -0.15) is 0 Å². The molecule has 37 heavy (non-hydrogen) atoms. The van der Waals surface area contributed by atoms with Crippen molar-refractivity contribution in [2.75, 3.05) is 20.1 Å². The Morgan fingerprint density at radius 2 is 1.84 bits per heavy atom. The van der Waals surface area contributed by atoms with E-state index in [1.165, 1.54) is 11.3 Å². The minimum absolute atomic E-state index is 0.0961. The Morgan fingerprint density at radius 1 is 1.08 bits per heavy atom. The number of Topliss-reactive ketones (excluding diaryl/α,β-unsaturated/α-hetero) is 1. The molecule has 0 saturated carbocycles. The Bertz CT molecular complexity index is 1180. The van der Waals surface area contributed by atoms with Crippen molar-refractivity contribution < 1.29 is 14.4 Å². The van der Waals surface area contributed by atoms with E-state index in [4.69, 9.17) is 5.73 Å². The van der Waals surface area contributed by atoms with E-state index < -0.39 is 18.1 Å². The lowest BCUT2D eigenvalue weighted by molar-refractivity contribution is -0.140. The van der Waals surface area contributed by atoms with E-state index >= 15 is 0 Å². The van der Waals surface area contributed by atoms with Crippen molar-refractivity contribution in [3.05, 3.63) is 65.2 Å². The second kappa shape index (κ2) is 12.9. The van der Waals surface area contributed by atoms with Crippen molar-refractivity contribution in [3.63, 3.8) is 0 Å². The Morgan fingerprint density at radius 3 is 2.57 bits per heavy atom. The van der Waals surface area contributed by atoms with Gasteiger partial charge in [0.15, 0.2) is 5.01 Å². The normalized spacial score (nSPS) is 17.0. The maximum atomic E-state index is 13.5. The summed E-state index contributed by atoms with van der Waals surface area (Å²) in [5, 5.41) is 6.48. The number of carbonyl (C=O) groups is 3. The molecule has 0 aliphatic carbocycles. The summed E-state index contributed by atoms with van der Waals surface area (Å²) in [6, 6.07) is 15.7. The summed E-state index contributed by atoms with van der Waals surface area (Å²) in [5.74, 6) is -0.576. The van der Waals surface area contributed by atoms with Crippen molar-refractivity contribution in [1.82, 2.24) is 20.5 Å². The highest BCUT2D eigenvalue weighted by Gasteiger charge is 2.38. The standard InChI is InChI=1S/C28H35N5O3S/c1-30-22(18-19-10-3-2-4-11-19)28(36)33-17-9-14-23(33)26(35)31-21(13-7-8-16-29)25(34)27-32-20-12-5-6-15-24(20)37-27/h2-6,10-12,15,21-23,30H,7-9,13-14,16-18,29H2,1H3,(H,31,35)/t21-,22-,23+/m1/s1. The highest BCUT2D eigenvalue weighted by atomic mass is 32.1. The van der Waals surface area contributed by atoms with Gasteiger partial charge in [0.25, 0.3) is 0 Å². The molecule has 4 rings (SSSR count). The van der Waals surface area contributed by atoms with Gasteiger partial charge in [0, 0.05) is 6.54 Å². The predicted octanol–water partition coefficient (Wildman–Crippen LogP) is 2.91. The highest BCUT2D eigenvalue weighted by Crippen LogP contribution is 2.24. The van der Waals surface area contributed by atoms with Crippen LogP contribution in [0.15, 0.2) is 54.6 Å². The third-order valence-corrected chi connectivity index (χ3v) is 7.90. The number of ketones is 1. The topological polar surface area (TPSA) is 117 Å². The average Bonchev–Trinajstić information content (AvgIpc) is 3.59. The maximum absolute atomic E-state index is 13.5. The van der Waals surface area contributed by atoms with Crippen LogP contribution in [0.2, 0.25) is 0 Å². The van der Waals surface area contributed by atoms with Crippen LogP contribution in [0, 0.1) is 0 Å². The summed E-state index contributed by atoms with van der Waals surface area (Å²) in [6.45, 7) is 1.04. The van der Waals surface area contributed by atoms with E-state index in [0.717, 1.165) is 28.6 Å². The number of amides is 2. The van der Waals surface area contributed by atoms with E-state index in [1.807, 2.05) is 54.6 Å². The Labute approximate surface area is 221 Å². The van der Waals surface area contributed by atoms with E-state index in [2.05, 4.69) is 15.6 Å². The molecule has 1 saturated heterocycles. The number of likely N-dealkylation sites (tertiary alicyclic amines) is 1. The van der Waals surface area contributed by atoms with Crippen molar-refractivity contribution in [3.8, 4) is 0 Å². The zero-order chi connectivity index (χ0) is 26.2. The van der Waals surface area contributed by atoms with Crippen LogP contribution in [0.1, 0.15) is 47.5 Å². The molecule has 196 valence electrons. The number of benzene rings is 2. The molecule has 9 heteroatoms. The Hall–Kier alpha value is -3.14. The number of nitrogens with two attached hydrogens (primary N) is 1.